The summed E-state index contributed by atoms with van der Waals surface area (Å²) in [6.45, 7) is -0.283. The molecule has 0 aliphatic heterocycles. The van der Waals surface area contributed by atoms with Crippen molar-refractivity contribution in [1.82, 2.24) is 4.98 Å². The lowest BCUT2D eigenvalue weighted by molar-refractivity contribution is 0.342. The van der Waals surface area contributed by atoms with Crippen LogP contribution >= 0.6 is 11.3 Å². The smallest absolute Gasteiger partial charge is 0.138 e. The molecule has 2 heterocycles. The molecule has 0 saturated heterocycles. The van der Waals surface area contributed by atoms with Gasteiger partial charge < -0.3 is 5.11 Å². The van der Waals surface area contributed by atoms with Crippen LogP contribution in [0, 0.1) is 0 Å². The van der Waals surface area contributed by atoms with E-state index in [0.29, 0.717) is 4.88 Å². The summed E-state index contributed by atoms with van der Waals surface area (Å²) in [4.78, 5) is 5.44. The zero-order chi connectivity index (χ0) is 11.4. The molecule has 0 radical (unpaired) electrons. The maximum Gasteiger partial charge on any atom is 0.138 e. The van der Waals surface area contributed by atoms with Gasteiger partial charge in [0, 0.05) is 17.3 Å². The summed E-state index contributed by atoms with van der Waals surface area (Å²) >= 11 is 1.35. The molecule has 0 atom stereocenters. The summed E-state index contributed by atoms with van der Waals surface area (Å²) < 4.78 is 13.4. The molecule has 0 aliphatic carbocycles. The summed E-state index contributed by atoms with van der Waals surface area (Å²) in [5, 5.41) is 8.60. The number of hydrogen-bond donors (Lipinski definition) is 1. The molecule has 1 N–H and O–H groups in total. The third kappa shape index (κ3) is 2.35. The topological polar surface area (TPSA) is 33.1 Å². The normalized spacial score (nSPS) is 11.8. The largest absolute Gasteiger partial charge is 0.392 e. The molecule has 0 aliphatic rings. The van der Waals surface area contributed by atoms with Crippen LogP contribution in [-0.4, -0.2) is 16.7 Å². The van der Waals surface area contributed by atoms with Gasteiger partial charge in [0.25, 0.3) is 0 Å². The zero-order valence-electron chi connectivity index (χ0n) is 8.43. The van der Waals surface area contributed by atoms with Gasteiger partial charge in [0.2, 0.25) is 0 Å². The average Bonchev–Trinajstić information content (AvgIpc) is 2.80. The molecule has 2 nitrogen and oxygen atoms in total. The summed E-state index contributed by atoms with van der Waals surface area (Å²) in [6, 6.07) is 7.33. The van der Waals surface area contributed by atoms with Gasteiger partial charge in [-0.3, -0.25) is 4.98 Å². The van der Waals surface area contributed by atoms with Gasteiger partial charge in [-0.05, 0) is 35.9 Å². The van der Waals surface area contributed by atoms with Gasteiger partial charge in [-0.15, -0.1) is 11.3 Å². The second-order valence-electron chi connectivity index (χ2n) is 3.13. The monoisotopic (exact) mass is 235 g/mol. The fourth-order valence-electron chi connectivity index (χ4n) is 1.32. The number of aliphatic hydroxyl groups is 1. The molecule has 0 saturated carbocycles. The Morgan fingerprint density at radius 2 is 2.06 bits per heavy atom. The Morgan fingerprint density at radius 1 is 1.31 bits per heavy atom. The Bertz CT molecular complexity index is 493. The fraction of sp³-hybridized carbons (Fsp3) is 0.0833. The summed E-state index contributed by atoms with van der Waals surface area (Å²) in [7, 11) is 0. The molecule has 16 heavy (non-hydrogen) atoms. The molecule has 2 rings (SSSR count). The summed E-state index contributed by atoms with van der Waals surface area (Å²) in [5.74, 6) is -0.382. The highest BCUT2D eigenvalue weighted by atomic mass is 32.1. The molecule has 0 spiro atoms. The van der Waals surface area contributed by atoms with Gasteiger partial charge in [0.15, 0.2) is 0 Å². The van der Waals surface area contributed by atoms with E-state index in [1.54, 1.807) is 18.5 Å². The Balaban J connectivity index is 2.30. The van der Waals surface area contributed by atoms with E-state index >= 15 is 0 Å². The van der Waals surface area contributed by atoms with Crippen LogP contribution in [0.5, 0.6) is 0 Å². The third-order valence-corrected chi connectivity index (χ3v) is 3.22. The Hall–Kier alpha value is -1.52. The first kappa shape index (κ1) is 11.0. The van der Waals surface area contributed by atoms with Crippen LogP contribution in [0.4, 0.5) is 4.39 Å². The van der Waals surface area contributed by atoms with Gasteiger partial charge in [-0.1, -0.05) is 0 Å². The summed E-state index contributed by atoms with van der Waals surface area (Å²) in [6.07, 6.45) is 4.56. The minimum atomic E-state index is -0.382. The van der Waals surface area contributed by atoms with Crippen molar-refractivity contribution >= 4 is 17.2 Å². The minimum Gasteiger partial charge on any atom is -0.392 e. The van der Waals surface area contributed by atoms with Crippen LogP contribution in [-0.2, 0) is 0 Å². The third-order valence-electron chi connectivity index (χ3n) is 2.08. The lowest BCUT2D eigenvalue weighted by Crippen LogP contribution is -1.75. The van der Waals surface area contributed by atoms with Crippen LogP contribution in [0.15, 0.2) is 42.7 Å². The highest BCUT2D eigenvalue weighted by Gasteiger charge is 2.05. The van der Waals surface area contributed by atoms with Crippen molar-refractivity contribution in [3.8, 4) is 10.4 Å². The molecule has 0 unspecified atom stereocenters. The van der Waals surface area contributed by atoms with Crippen molar-refractivity contribution in [2.75, 3.05) is 6.61 Å². The van der Waals surface area contributed by atoms with E-state index in [4.69, 9.17) is 5.11 Å². The number of pyridine rings is 1. The number of aliphatic hydroxyl groups excluding tert-OH is 1. The molecular formula is C12H10FNOS. The van der Waals surface area contributed by atoms with Crippen LogP contribution in [0.3, 0.4) is 0 Å². The van der Waals surface area contributed by atoms with Crippen LogP contribution in [0.1, 0.15) is 4.88 Å². The molecular weight excluding hydrogens is 225 g/mol. The first-order valence-electron chi connectivity index (χ1n) is 4.78. The SMILES string of the molecule is OC/C=C(\F)c1ccc(-c2ccncc2)s1. The molecule has 2 aromatic rings. The van der Waals surface area contributed by atoms with E-state index in [0.717, 1.165) is 16.5 Å². The highest BCUT2D eigenvalue weighted by molar-refractivity contribution is 7.16. The van der Waals surface area contributed by atoms with Gasteiger partial charge in [-0.25, -0.2) is 4.39 Å². The maximum absolute atomic E-state index is 13.4. The number of thiophene rings is 1. The number of aromatic nitrogens is 1. The molecule has 0 amide bonds. The van der Waals surface area contributed by atoms with Crippen LogP contribution in [0.25, 0.3) is 16.3 Å². The zero-order valence-corrected chi connectivity index (χ0v) is 9.25. The average molecular weight is 235 g/mol. The Morgan fingerprint density at radius 3 is 2.75 bits per heavy atom. The predicted octanol–water partition coefficient (Wildman–Crippen LogP) is 3.11. The molecule has 2 aromatic heterocycles. The fourth-order valence-corrected chi connectivity index (χ4v) is 2.26. The number of halogens is 1. The van der Waals surface area contributed by atoms with E-state index in [1.807, 2.05) is 18.2 Å². The predicted molar refractivity (Wildman–Crippen MR) is 63.7 cm³/mol. The van der Waals surface area contributed by atoms with Crippen molar-refractivity contribution in [2.24, 2.45) is 0 Å². The quantitative estimate of drug-likeness (QED) is 0.886. The minimum absolute atomic E-state index is 0.283. The number of rotatable bonds is 3. The van der Waals surface area contributed by atoms with Crippen LogP contribution in [0.2, 0.25) is 0 Å². The lowest BCUT2D eigenvalue weighted by atomic mass is 10.2. The van der Waals surface area contributed by atoms with E-state index < -0.39 is 0 Å². The van der Waals surface area contributed by atoms with Gasteiger partial charge in [0.1, 0.15) is 5.83 Å². The maximum atomic E-state index is 13.4. The highest BCUT2D eigenvalue weighted by Crippen LogP contribution is 2.31. The van der Waals surface area contributed by atoms with E-state index in [-0.39, 0.29) is 12.4 Å². The van der Waals surface area contributed by atoms with Crippen molar-refractivity contribution in [3.63, 3.8) is 0 Å². The molecule has 82 valence electrons. The summed E-state index contributed by atoms with van der Waals surface area (Å²) in [5.41, 5.74) is 1.02. The second-order valence-corrected chi connectivity index (χ2v) is 4.22. The number of hydrogen-bond acceptors (Lipinski definition) is 3. The van der Waals surface area contributed by atoms with Crippen molar-refractivity contribution in [1.29, 1.82) is 0 Å². The first-order chi connectivity index (χ1) is 7.81. The van der Waals surface area contributed by atoms with Crippen molar-refractivity contribution in [3.05, 3.63) is 47.6 Å². The van der Waals surface area contributed by atoms with E-state index in [2.05, 4.69) is 4.98 Å². The van der Waals surface area contributed by atoms with Crippen LogP contribution < -0.4 is 0 Å². The molecule has 0 fully saturated rings. The van der Waals surface area contributed by atoms with E-state index in [9.17, 15) is 4.39 Å². The second kappa shape index (κ2) is 5.01. The van der Waals surface area contributed by atoms with Crippen molar-refractivity contribution in [2.45, 2.75) is 0 Å². The molecule has 0 aromatic carbocycles. The van der Waals surface area contributed by atoms with E-state index in [1.165, 1.54) is 11.3 Å². The standard InChI is InChI=1S/C12H10FNOS/c13-10(5-8-15)12-2-1-11(16-12)9-3-6-14-7-4-9/h1-7,15H,8H2/b10-5-. The lowest BCUT2D eigenvalue weighted by Gasteiger charge is -1.94. The molecule has 0 bridgehead atoms. The first-order valence-corrected chi connectivity index (χ1v) is 5.60. The molecule has 4 heteroatoms. The van der Waals surface area contributed by atoms with Crippen molar-refractivity contribution < 1.29 is 9.50 Å². The Kier molecular flexibility index (Phi) is 3.44. The number of nitrogens with zero attached hydrogens (tertiary/aromatic N) is 1. The van der Waals surface area contributed by atoms with Gasteiger partial charge >= 0.3 is 0 Å². The Labute approximate surface area is 96.7 Å². The van der Waals surface area contributed by atoms with Gasteiger partial charge in [0.05, 0.1) is 11.5 Å². The van der Waals surface area contributed by atoms with Gasteiger partial charge in [-0.2, -0.15) is 0 Å².